The summed E-state index contributed by atoms with van der Waals surface area (Å²) in [7, 11) is -3.17. The van der Waals surface area contributed by atoms with E-state index in [1.54, 1.807) is 11.8 Å². The normalized spacial score (nSPS) is 17.1. The van der Waals surface area contributed by atoms with Gasteiger partial charge in [-0.25, -0.2) is 8.42 Å². The van der Waals surface area contributed by atoms with Crippen molar-refractivity contribution >= 4 is 15.9 Å². The second kappa shape index (κ2) is 6.84. The van der Waals surface area contributed by atoms with E-state index in [9.17, 15) is 13.2 Å². The number of carbonyl (C=O) groups is 1. The SMILES string of the molecule is CCS(=O)(=O)N1CCN(C(=O)c2cc(C(C)(C)C)ccc2C)CC1. The Balaban J connectivity index is 2.17. The van der Waals surface area contributed by atoms with E-state index >= 15 is 0 Å². The van der Waals surface area contributed by atoms with Gasteiger partial charge in [-0.15, -0.1) is 0 Å². The zero-order chi connectivity index (χ0) is 18.1. The highest BCUT2D eigenvalue weighted by Gasteiger charge is 2.29. The zero-order valence-corrected chi connectivity index (χ0v) is 16.1. The molecule has 1 saturated heterocycles. The average Bonchev–Trinajstić information content (AvgIpc) is 2.53. The molecule has 1 aliphatic heterocycles. The molecule has 0 spiro atoms. The number of nitrogens with zero attached hydrogens (tertiary/aromatic N) is 2. The van der Waals surface area contributed by atoms with Gasteiger partial charge in [0.1, 0.15) is 0 Å². The largest absolute Gasteiger partial charge is 0.336 e. The molecule has 0 aliphatic carbocycles. The second-order valence-corrected chi connectivity index (χ2v) is 9.63. The fourth-order valence-electron chi connectivity index (χ4n) is 2.84. The molecule has 0 radical (unpaired) electrons. The van der Waals surface area contributed by atoms with Gasteiger partial charge in [0.25, 0.3) is 5.91 Å². The van der Waals surface area contributed by atoms with Gasteiger partial charge in [0, 0.05) is 31.7 Å². The number of hydrogen-bond donors (Lipinski definition) is 0. The molecule has 0 saturated carbocycles. The molecule has 1 amide bonds. The van der Waals surface area contributed by atoms with Crippen LogP contribution in [0.5, 0.6) is 0 Å². The molecule has 2 rings (SSSR count). The Labute approximate surface area is 145 Å². The smallest absolute Gasteiger partial charge is 0.254 e. The molecule has 1 heterocycles. The summed E-state index contributed by atoms with van der Waals surface area (Å²) in [5.74, 6) is 0.0976. The molecule has 1 aromatic carbocycles. The third-order valence-corrected chi connectivity index (χ3v) is 6.50. The van der Waals surface area contributed by atoms with Gasteiger partial charge in [-0.05, 0) is 36.5 Å². The maximum absolute atomic E-state index is 12.9. The number of amides is 1. The monoisotopic (exact) mass is 352 g/mol. The topological polar surface area (TPSA) is 57.7 Å². The highest BCUT2D eigenvalue weighted by atomic mass is 32.2. The Kier molecular flexibility index (Phi) is 5.40. The lowest BCUT2D eigenvalue weighted by Crippen LogP contribution is -2.51. The maximum atomic E-state index is 12.9. The molecule has 0 N–H and O–H groups in total. The fraction of sp³-hybridized carbons (Fsp3) is 0.611. The molecule has 0 bridgehead atoms. The Morgan fingerprint density at radius 2 is 1.71 bits per heavy atom. The molecule has 0 atom stereocenters. The number of benzene rings is 1. The Morgan fingerprint density at radius 3 is 2.21 bits per heavy atom. The number of rotatable bonds is 3. The van der Waals surface area contributed by atoms with Crippen LogP contribution in [-0.4, -0.2) is 55.5 Å². The average molecular weight is 353 g/mol. The number of aryl methyl sites for hydroxylation is 1. The van der Waals surface area contributed by atoms with Crippen LogP contribution in [-0.2, 0) is 15.4 Å². The van der Waals surface area contributed by atoms with Crippen molar-refractivity contribution in [3.8, 4) is 0 Å². The molecule has 1 aromatic rings. The van der Waals surface area contributed by atoms with Crippen LogP contribution >= 0.6 is 0 Å². The van der Waals surface area contributed by atoms with Crippen molar-refractivity contribution in [2.75, 3.05) is 31.9 Å². The van der Waals surface area contributed by atoms with Crippen molar-refractivity contribution in [1.82, 2.24) is 9.21 Å². The van der Waals surface area contributed by atoms with Crippen LogP contribution in [0.15, 0.2) is 18.2 Å². The Bertz CT molecular complexity index is 712. The first-order valence-corrected chi connectivity index (χ1v) is 10.1. The minimum absolute atomic E-state index is 0.00727. The minimum atomic E-state index is -3.17. The van der Waals surface area contributed by atoms with E-state index in [-0.39, 0.29) is 17.1 Å². The summed E-state index contributed by atoms with van der Waals surface area (Å²) in [5.41, 5.74) is 2.78. The minimum Gasteiger partial charge on any atom is -0.336 e. The van der Waals surface area contributed by atoms with Gasteiger partial charge >= 0.3 is 0 Å². The van der Waals surface area contributed by atoms with Gasteiger partial charge < -0.3 is 4.90 Å². The first-order chi connectivity index (χ1) is 11.1. The van der Waals surface area contributed by atoms with E-state index in [0.717, 1.165) is 11.1 Å². The van der Waals surface area contributed by atoms with Gasteiger partial charge in [-0.1, -0.05) is 32.9 Å². The van der Waals surface area contributed by atoms with Crippen molar-refractivity contribution in [3.63, 3.8) is 0 Å². The third-order valence-electron chi connectivity index (χ3n) is 4.62. The third kappa shape index (κ3) is 3.98. The van der Waals surface area contributed by atoms with E-state index in [0.29, 0.717) is 31.7 Å². The van der Waals surface area contributed by atoms with Crippen molar-refractivity contribution in [3.05, 3.63) is 34.9 Å². The predicted octanol–water partition coefficient (Wildman–Crippen LogP) is 2.40. The molecule has 24 heavy (non-hydrogen) atoms. The summed E-state index contributed by atoms with van der Waals surface area (Å²) in [6, 6.07) is 6.04. The molecule has 1 aliphatic rings. The molecule has 0 unspecified atom stereocenters. The lowest BCUT2D eigenvalue weighted by atomic mass is 9.85. The molecule has 0 aromatic heterocycles. The molecular weight excluding hydrogens is 324 g/mol. The first kappa shape index (κ1) is 18.9. The standard InChI is InChI=1S/C18H28N2O3S/c1-6-24(22,23)20-11-9-19(10-12-20)17(21)16-13-15(18(3,4)5)8-7-14(16)2/h7-8,13H,6,9-12H2,1-5H3. The lowest BCUT2D eigenvalue weighted by Gasteiger charge is -2.34. The van der Waals surface area contributed by atoms with Gasteiger partial charge in [0.05, 0.1) is 5.75 Å². The van der Waals surface area contributed by atoms with Crippen LogP contribution in [0, 0.1) is 6.92 Å². The summed E-state index contributed by atoms with van der Waals surface area (Å²) in [6.45, 7) is 11.6. The number of piperazine rings is 1. The molecule has 1 fully saturated rings. The molecule has 134 valence electrons. The second-order valence-electron chi connectivity index (χ2n) is 7.37. The molecule has 6 heteroatoms. The predicted molar refractivity (Wildman–Crippen MR) is 96.8 cm³/mol. The van der Waals surface area contributed by atoms with Crippen LogP contribution in [0.4, 0.5) is 0 Å². The van der Waals surface area contributed by atoms with E-state index in [1.165, 1.54) is 4.31 Å². The van der Waals surface area contributed by atoms with Gasteiger partial charge in [0.2, 0.25) is 10.0 Å². The van der Waals surface area contributed by atoms with Crippen LogP contribution in [0.25, 0.3) is 0 Å². The van der Waals surface area contributed by atoms with Gasteiger partial charge in [-0.2, -0.15) is 4.31 Å². The highest BCUT2D eigenvalue weighted by molar-refractivity contribution is 7.89. The Hall–Kier alpha value is -1.40. The van der Waals surface area contributed by atoms with Gasteiger partial charge in [-0.3, -0.25) is 4.79 Å². The van der Waals surface area contributed by atoms with E-state index in [4.69, 9.17) is 0 Å². The van der Waals surface area contributed by atoms with E-state index < -0.39 is 10.0 Å². The summed E-state index contributed by atoms with van der Waals surface area (Å²) >= 11 is 0. The highest BCUT2D eigenvalue weighted by Crippen LogP contribution is 2.25. The zero-order valence-electron chi connectivity index (χ0n) is 15.3. The van der Waals surface area contributed by atoms with Crippen LogP contribution in [0.1, 0.15) is 49.2 Å². The van der Waals surface area contributed by atoms with Crippen LogP contribution < -0.4 is 0 Å². The molecule has 5 nitrogen and oxygen atoms in total. The van der Waals surface area contributed by atoms with E-state index in [2.05, 4.69) is 26.8 Å². The number of hydrogen-bond acceptors (Lipinski definition) is 3. The summed E-state index contributed by atoms with van der Waals surface area (Å²) in [5, 5.41) is 0. The van der Waals surface area contributed by atoms with Crippen molar-refractivity contribution in [2.45, 2.75) is 40.0 Å². The fourth-order valence-corrected chi connectivity index (χ4v) is 3.93. The van der Waals surface area contributed by atoms with E-state index in [1.807, 2.05) is 19.1 Å². The van der Waals surface area contributed by atoms with Crippen LogP contribution in [0.3, 0.4) is 0 Å². The number of carbonyl (C=O) groups excluding carboxylic acids is 1. The van der Waals surface area contributed by atoms with Crippen molar-refractivity contribution in [1.29, 1.82) is 0 Å². The number of sulfonamides is 1. The van der Waals surface area contributed by atoms with Crippen LogP contribution in [0.2, 0.25) is 0 Å². The first-order valence-electron chi connectivity index (χ1n) is 8.44. The Morgan fingerprint density at radius 1 is 1.12 bits per heavy atom. The summed E-state index contributed by atoms with van der Waals surface area (Å²) in [6.07, 6.45) is 0. The van der Waals surface area contributed by atoms with Crippen molar-refractivity contribution < 1.29 is 13.2 Å². The maximum Gasteiger partial charge on any atom is 0.254 e. The van der Waals surface area contributed by atoms with Gasteiger partial charge in [0.15, 0.2) is 0 Å². The summed E-state index contributed by atoms with van der Waals surface area (Å²) < 4.78 is 25.3. The van der Waals surface area contributed by atoms with Crippen molar-refractivity contribution in [2.24, 2.45) is 0 Å². The molecular formula is C18H28N2O3S. The summed E-state index contributed by atoms with van der Waals surface area (Å²) in [4.78, 5) is 14.6. The quantitative estimate of drug-likeness (QED) is 0.839. The lowest BCUT2D eigenvalue weighted by molar-refractivity contribution is 0.0697.